The van der Waals surface area contributed by atoms with Crippen molar-refractivity contribution in [1.82, 2.24) is 0 Å². The van der Waals surface area contributed by atoms with Gasteiger partial charge in [-0.3, -0.25) is 0 Å². The summed E-state index contributed by atoms with van der Waals surface area (Å²) in [7, 11) is 0. The highest BCUT2D eigenvalue weighted by atomic mass is 24.5. The lowest BCUT2D eigenvalue weighted by Gasteiger charge is -2.01. The number of aryl methyl sites for hydroxylation is 2. The van der Waals surface area contributed by atoms with Gasteiger partial charge in [0.25, 0.3) is 0 Å². The van der Waals surface area contributed by atoms with E-state index in [1.165, 1.54) is 15.7 Å². The molecule has 0 nitrogen and oxygen atoms in total. The molecule has 0 aliphatic rings. The molecule has 0 amide bonds. The Morgan fingerprint density at radius 2 is 1.64 bits per heavy atom. The molecule has 0 bridgehead atoms. The van der Waals surface area contributed by atoms with Gasteiger partial charge < -0.3 is 0 Å². The molecule has 1 heteroatoms. The third-order valence-corrected chi connectivity index (χ3v) is 3.31. The highest BCUT2D eigenvalue weighted by Gasteiger charge is 1.97. The molecule has 0 heterocycles. The van der Waals surface area contributed by atoms with Crippen LogP contribution in [0.25, 0.3) is 0 Å². The first-order valence-electron chi connectivity index (χ1n) is 4.29. The van der Waals surface area contributed by atoms with Crippen molar-refractivity contribution in [1.29, 1.82) is 0 Å². The summed E-state index contributed by atoms with van der Waals surface area (Å²) in [6, 6.07) is 6.92. The van der Waals surface area contributed by atoms with E-state index in [1.54, 1.807) is 3.69 Å². The molecule has 0 atom stereocenters. The second-order valence-electron chi connectivity index (χ2n) is 3.25. The van der Waals surface area contributed by atoms with Crippen LogP contribution in [-0.4, -0.2) is 20.4 Å². The minimum Gasteiger partial charge on any atom is -0.173 e. The van der Waals surface area contributed by atoms with E-state index < -0.39 is 0 Å². The van der Waals surface area contributed by atoms with E-state index in [0.29, 0.717) is 0 Å². The Hall–Kier alpha value is -0.0138. The van der Waals surface area contributed by atoms with E-state index >= 15 is 0 Å². The molecule has 0 spiro atoms. The van der Waals surface area contributed by atoms with Crippen LogP contribution in [0.2, 0.25) is 4.55 Å². The first kappa shape index (κ1) is 9.08. The Morgan fingerprint density at radius 1 is 1.09 bits per heavy atom. The summed E-state index contributed by atoms with van der Waals surface area (Å²) in [5.41, 5.74) is 2.84. The molecule has 0 N–H and O–H groups in total. The van der Waals surface area contributed by atoms with E-state index in [2.05, 4.69) is 39.0 Å². The molecule has 0 aliphatic heterocycles. The molecule has 0 unspecified atom stereocenters. The lowest BCUT2D eigenvalue weighted by Crippen LogP contribution is -2.13. The molecule has 0 saturated heterocycles. The smallest absolute Gasteiger partial charge is 0.173 e. The van der Waals surface area contributed by atoms with Crippen molar-refractivity contribution < 1.29 is 0 Å². The molecular weight excluding hydrogens is 144 g/mol. The van der Waals surface area contributed by atoms with Gasteiger partial charge in [0.15, 0.2) is 0 Å². The van der Waals surface area contributed by atoms with Gasteiger partial charge in [0.1, 0.15) is 0 Å². The minimum absolute atomic E-state index is 0.0562. The summed E-state index contributed by atoms with van der Waals surface area (Å²) >= 11 is 0.0562. The quantitative estimate of drug-likeness (QED) is 0.578. The summed E-state index contributed by atoms with van der Waals surface area (Å²) in [6.07, 6.45) is 0. The van der Waals surface area contributed by atoms with Gasteiger partial charge >= 0.3 is 20.4 Å². The summed E-state index contributed by atoms with van der Waals surface area (Å²) in [5.74, 6) is 0. The Balaban J connectivity index is 2.89. The van der Waals surface area contributed by atoms with E-state index in [-0.39, 0.29) is 20.4 Å². The molecule has 0 fully saturated rings. The molecule has 56 valence electrons. The van der Waals surface area contributed by atoms with Crippen LogP contribution < -0.4 is 3.69 Å². The first-order valence-corrected chi connectivity index (χ1v) is 6.00. The third kappa shape index (κ3) is 2.84. The zero-order valence-corrected chi connectivity index (χ0v) is 9.06. The molecule has 0 radical (unpaired) electrons. The second-order valence-corrected chi connectivity index (χ2v) is 5.56. The zero-order valence-electron chi connectivity index (χ0n) is 7.65. The van der Waals surface area contributed by atoms with Crippen molar-refractivity contribution in [3.63, 3.8) is 0 Å². The molecule has 0 aromatic heterocycles. The SMILES string of the molecule is C[CH2][Mg][c]1cc(C)cc(C)c1. The maximum absolute atomic E-state index is 2.34. The van der Waals surface area contributed by atoms with Crippen molar-refractivity contribution in [2.75, 3.05) is 0 Å². The number of hydrogen-bond donors (Lipinski definition) is 0. The van der Waals surface area contributed by atoms with E-state index in [1.807, 2.05) is 0 Å². The first-order chi connectivity index (χ1) is 5.22. The fourth-order valence-corrected chi connectivity index (χ4v) is 3.01. The number of benzene rings is 1. The topological polar surface area (TPSA) is 0 Å². The van der Waals surface area contributed by atoms with Gasteiger partial charge in [-0.2, -0.15) is 3.69 Å². The van der Waals surface area contributed by atoms with Gasteiger partial charge in [0, 0.05) is 0 Å². The van der Waals surface area contributed by atoms with Gasteiger partial charge in [-0.25, -0.2) is 0 Å². The molecule has 0 saturated carbocycles. The Labute approximate surface area is 78.7 Å². The van der Waals surface area contributed by atoms with Gasteiger partial charge in [0.05, 0.1) is 0 Å². The van der Waals surface area contributed by atoms with Crippen LogP contribution in [0, 0.1) is 13.8 Å². The second kappa shape index (κ2) is 4.12. The van der Waals surface area contributed by atoms with Crippen LogP contribution in [0.15, 0.2) is 18.2 Å². The third-order valence-electron chi connectivity index (χ3n) is 1.82. The van der Waals surface area contributed by atoms with E-state index in [0.717, 1.165) is 0 Å². The summed E-state index contributed by atoms with van der Waals surface area (Å²) in [5, 5.41) is 0. The van der Waals surface area contributed by atoms with E-state index in [9.17, 15) is 0 Å². The van der Waals surface area contributed by atoms with Crippen LogP contribution in [0.3, 0.4) is 0 Å². The minimum atomic E-state index is 0.0562. The Kier molecular flexibility index (Phi) is 3.40. The van der Waals surface area contributed by atoms with Crippen LogP contribution in [0.4, 0.5) is 0 Å². The molecule has 1 aromatic rings. The fraction of sp³-hybridized carbons (Fsp3) is 0.400. The summed E-state index contributed by atoms with van der Waals surface area (Å²) in [6.45, 7) is 6.64. The van der Waals surface area contributed by atoms with Gasteiger partial charge in [0.2, 0.25) is 0 Å². The van der Waals surface area contributed by atoms with Gasteiger partial charge in [-0.15, -0.1) is 4.55 Å². The lowest BCUT2D eigenvalue weighted by atomic mass is 10.2. The van der Waals surface area contributed by atoms with Gasteiger partial charge in [-0.1, -0.05) is 36.2 Å². The normalized spacial score (nSPS) is 9.36. The molecule has 11 heavy (non-hydrogen) atoms. The highest BCUT2D eigenvalue weighted by molar-refractivity contribution is 6.53. The molecular formula is C10H14Mg. The summed E-state index contributed by atoms with van der Waals surface area (Å²) < 4.78 is 2.99. The van der Waals surface area contributed by atoms with Crippen LogP contribution >= 0.6 is 0 Å². The van der Waals surface area contributed by atoms with Crippen molar-refractivity contribution in [3.05, 3.63) is 29.3 Å². The van der Waals surface area contributed by atoms with Crippen LogP contribution in [-0.2, 0) is 0 Å². The number of rotatable bonds is 2. The van der Waals surface area contributed by atoms with Gasteiger partial charge in [-0.05, 0) is 13.8 Å². The van der Waals surface area contributed by atoms with Crippen LogP contribution in [0.5, 0.6) is 0 Å². The maximum Gasteiger partial charge on any atom is 0.408 e. The van der Waals surface area contributed by atoms with E-state index in [4.69, 9.17) is 0 Å². The van der Waals surface area contributed by atoms with Crippen molar-refractivity contribution in [2.45, 2.75) is 25.3 Å². The van der Waals surface area contributed by atoms with Crippen molar-refractivity contribution in [3.8, 4) is 0 Å². The Bertz CT molecular complexity index is 220. The predicted molar refractivity (Wildman–Crippen MR) is 51.8 cm³/mol. The average molecular weight is 159 g/mol. The average Bonchev–Trinajstić information content (AvgIpc) is 1.85. The molecule has 1 rings (SSSR count). The number of hydrogen-bond acceptors (Lipinski definition) is 0. The monoisotopic (exact) mass is 158 g/mol. The highest BCUT2D eigenvalue weighted by Crippen LogP contribution is 1.99. The van der Waals surface area contributed by atoms with Crippen molar-refractivity contribution >= 4 is 24.1 Å². The standard InChI is InChI=1S/C8H9.C2H5.Mg/c1-7-4-3-5-8(2)6-7;1-2;/h4-6H,1-2H3;1H2,2H3;. The lowest BCUT2D eigenvalue weighted by molar-refractivity contribution is 1.39. The molecule has 0 aliphatic carbocycles. The van der Waals surface area contributed by atoms with Crippen molar-refractivity contribution in [2.24, 2.45) is 0 Å². The zero-order chi connectivity index (χ0) is 8.27. The van der Waals surface area contributed by atoms with Crippen LogP contribution in [0.1, 0.15) is 18.1 Å². The predicted octanol–water partition coefficient (Wildman–Crippen LogP) is 2.07. The summed E-state index contributed by atoms with van der Waals surface area (Å²) in [4.78, 5) is 0. The maximum atomic E-state index is 2.34. The molecule has 1 aromatic carbocycles. The fourth-order valence-electron chi connectivity index (χ4n) is 1.50. The Morgan fingerprint density at radius 3 is 2.09 bits per heavy atom. The largest absolute Gasteiger partial charge is 0.408 e.